The Hall–Kier alpha value is -1.76. The molecule has 3 rings (SSSR count). The van der Waals surface area contributed by atoms with E-state index in [9.17, 15) is 18.0 Å². The van der Waals surface area contributed by atoms with E-state index in [1.165, 1.54) is 12.1 Å². The predicted molar refractivity (Wildman–Crippen MR) is 80.5 cm³/mol. The van der Waals surface area contributed by atoms with Gasteiger partial charge in [0.15, 0.2) is 0 Å². The average Bonchev–Trinajstić information content (AvgIpc) is 3.25. The summed E-state index contributed by atoms with van der Waals surface area (Å²) in [5.74, 6) is 0.449. The smallest absolute Gasteiger partial charge is 0.416 e. The van der Waals surface area contributed by atoms with E-state index in [0.717, 1.165) is 44.6 Å². The summed E-state index contributed by atoms with van der Waals surface area (Å²) in [7, 11) is 0. The number of hydrogen-bond acceptors (Lipinski definition) is 3. The second-order valence-electron chi connectivity index (χ2n) is 6.39. The van der Waals surface area contributed by atoms with Crippen LogP contribution in [0, 0.1) is 11.3 Å². The maximum atomic E-state index is 12.5. The second-order valence-corrected chi connectivity index (χ2v) is 6.39. The molecular weight excluding hydrogens is 323 g/mol. The molecule has 24 heavy (non-hydrogen) atoms. The lowest BCUT2D eigenvalue weighted by Gasteiger charge is -2.22. The molecule has 1 amide bonds. The number of carbonyl (C=O) groups excluding carboxylic acids is 1. The number of nitrogens with one attached hydrogen (secondary N) is 1. The summed E-state index contributed by atoms with van der Waals surface area (Å²) in [6.45, 7) is 2.00. The minimum Gasteiger partial charge on any atom is -0.492 e. The van der Waals surface area contributed by atoms with Crippen LogP contribution in [-0.4, -0.2) is 32.3 Å². The van der Waals surface area contributed by atoms with Crippen LogP contribution in [0.5, 0.6) is 5.75 Å². The van der Waals surface area contributed by atoms with E-state index in [2.05, 4.69) is 5.32 Å². The van der Waals surface area contributed by atoms with Gasteiger partial charge in [-0.3, -0.25) is 4.79 Å². The Morgan fingerprint density at radius 3 is 2.54 bits per heavy atom. The largest absolute Gasteiger partial charge is 0.492 e. The number of alkyl halides is 3. The summed E-state index contributed by atoms with van der Waals surface area (Å²) in [6, 6.07) is 4.52. The van der Waals surface area contributed by atoms with Crippen molar-refractivity contribution in [3.8, 4) is 5.75 Å². The van der Waals surface area contributed by atoms with E-state index in [1.807, 2.05) is 0 Å². The van der Waals surface area contributed by atoms with Gasteiger partial charge in [0.25, 0.3) is 0 Å². The monoisotopic (exact) mass is 343 g/mol. The van der Waals surface area contributed by atoms with Crippen LogP contribution in [0.1, 0.15) is 24.8 Å². The van der Waals surface area contributed by atoms with Crippen LogP contribution in [0.2, 0.25) is 0 Å². The van der Waals surface area contributed by atoms with Gasteiger partial charge in [0, 0.05) is 19.1 Å². The summed E-state index contributed by atoms with van der Waals surface area (Å²) in [5, 5.41) is 2.84. The number of halogens is 3. The van der Waals surface area contributed by atoms with Gasteiger partial charge in [0.05, 0.1) is 12.1 Å². The maximum Gasteiger partial charge on any atom is 0.416 e. The van der Waals surface area contributed by atoms with Crippen LogP contribution in [0.3, 0.4) is 0 Å². The molecule has 4 nitrogen and oxygen atoms in total. The molecule has 1 aliphatic heterocycles. The van der Waals surface area contributed by atoms with Gasteiger partial charge in [-0.15, -0.1) is 0 Å². The SMILES string of the molecule is O=C(NCCOc1ccc(C(F)(F)F)cc1)[C@H]1CC12CCOCC2. The van der Waals surface area contributed by atoms with Crippen molar-refractivity contribution in [2.45, 2.75) is 25.4 Å². The maximum absolute atomic E-state index is 12.5. The summed E-state index contributed by atoms with van der Waals surface area (Å²) in [6.07, 6.45) is -1.56. The molecule has 1 spiro atoms. The molecule has 132 valence electrons. The van der Waals surface area contributed by atoms with Crippen LogP contribution >= 0.6 is 0 Å². The Morgan fingerprint density at radius 2 is 1.92 bits per heavy atom. The first-order valence-corrected chi connectivity index (χ1v) is 8.06. The average molecular weight is 343 g/mol. The highest BCUT2D eigenvalue weighted by Crippen LogP contribution is 2.59. The van der Waals surface area contributed by atoms with Gasteiger partial charge in [0.1, 0.15) is 12.4 Å². The lowest BCUT2D eigenvalue weighted by molar-refractivity contribution is -0.137. The molecule has 1 saturated heterocycles. The molecule has 1 atom stereocenters. The number of amides is 1. The zero-order valence-electron chi connectivity index (χ0n) is 13.2. The normalized spacial score (nSPS) is 22.2. The molecule has 1 aromatic rings. The molecule has 2 aliphatic rings. The van der Waals surface area contributed by atoms with E-state index in [4.69, 9.17) is 9.47 Å². The van der Waals surface area contributed by atoms with Crippen molar-refractivity contribution in [1.82, 2.24) is 5.32 Å². The standard InChI is InChI=1S/C17H20F3NO3/c18-17(19,20)12-1-3-13(4-2-12)24-10-7-21-15(22)14-11-16(14)5-8-23-9-6-16/h1-4,14H,5-11H2,(H,21,22)/t14-/m1/s1. The Labute approximate surface area is 138 Å². The first-order valence-electron chi connectivity index (χ1n) is 8.06. The molecule has 1 heterocycles. The van der Waals surface area contributed by atoms with Crippen molar-refractivity contribution in [2.75, 3.05) is 26.4 Å². The van der Waals surface area contributed by atoms with Crippen molar-refractivity contribution < 1.29 is 27.4 Å². The number of carbonyl (C=O) groups is 1. The Morgan fingerprint density at radius 1 is 1.25 bits per heavy atom. The highest BCUT2D eigenvalue weighted by atomic mass is 19.4. The van der Waals surface area contributed by atoms with E-state index in [-0.39, 0.29) is 23.8 Å². The van der Waals surface area contributed by atoms with E-state index >= 15 is 0 Å². The molecule has 1 N–H and O–H groups in total. The van der Waals surface area contributed by atoms with Gasteiger partial charge in [-0.1, -0.05) is 0 Å². The summed E-state index contributed by atoms with van der Waals surface area (Å²) in [4.78, 5) is 12.1. The van der Waals surface area contributed by atoms with Crippen molar-refractivity contribution >= 4 is 5.91 Å². The minimum atomic E-state index is -4.35. The van der Waals surface area contributed by atoms with Crippen molar-refractivity contribution in [3.05, 3.63) is 29.8 Å². The van der Waals surface area contributed by atoms with Gasteiger partial charge >= 0.3 is 6.18 Å². The van der Waals surface area contributed by atoms with Crippen molar-refractivity contribution in [3.63, 3.8) is 0 Å². The third-order valence-electron chi connectivity index (χ3n) is 4.85. The third kappa shape index (κ3) is 3.83. The van der Waals surface area contributed by atoms with Crippen LogP contribution in [-0.2, 0) is 15.7 Å². The quantitative estimate of drug-likeness (QED) is 0.836. The molecular formula is C17H20F3NO3. The first kappa shape index (κ1) is 17.1. The van der Waals surface area contributed by atoms with E-state index < -0.39 is 11.7 Å². The van der Waals surface area contributed by atoms with Gasteiger partial charge < -0.3 is 14.8 Å². The fourth-order valence-electron chi connectivity index (χ4n) is 3.26. The van der Waals surface area contributed by atoms with Gasteiger partial charge in [0.2, 0.25) is 5.91 Å². The minimum absolute atomic E-state index is 0.0351. The number of ether oxygens (including phenoxy) is 2. The van der Waals surface area contributed by atoms with Crippen LogP contribution in [0.4, 0.5) is 13.2 Å². The predicted octanol–water partition coefficient (Wildman–Crippen LogP) is 3.02. The molecule has 7 heteroatoms. The van der Waals surface area contributed by atoms with Crippen LogP contribution in [0.25, 0.3) is 0 Å². The third-order valence-corrected chi connectivity index (χ3v) is 4.85. The number of hydrogen-bond donors (Lipinski definition) is 1. The van der Waals surface area contributed by atoms with Crippen LogP contribution < -0.4 is 10.1 Å². The zero-order chi connectivity index (χ0) is 17.2. The van der Waals surface area contributed by atoms with Gasteiger partial charge in [-0.2, -0.15) is 13.2 Å². The molecule has 0 unspecified atom stereocenters. The van der Waals surface area contributed by atoms with Gasteiger partial charge in [-0.05, 0) is 48.9 Å². The van der Waals surface area contributed by atoms with Crippen LogP contribution in [0.15, 0.2) is 24.3 Å². The molecule has 1 aromatic carbocycles. The Kier molecular flexibility index (Phi) is 4.71. The molecule has 0 radical (unpaired) electrons. The summed E-state index contributed by atoms with van der Waals surface area (Å²) in [5.41, 5.74) is -0.574. The Bertz CT molecular complexity index is 580. The van der Waals surface area contributed by atoms with E-state index in [0.29, 0.717) is 12.3 Å². The molecule has 0 bridgehead atoms. The lowest BCUT2D eigenvalue weighted by Crippen LogP contribution is -2.32. The molecule has 1 saturated carbocycles. The number of benzene rings is 1. The summed E-state index contributed by atoms with van der Waals surface area (Å²) < 4.78 is 48.0. The first-order chi connectivity index (χ1) is 11.4. The highest BCUT2D eigenvalue weighted by Gasteiger charge is 2.57. The fourth-order valence-corrected chi connectivity index (χ4v) is 3.26. The molecule has 0 aromatic heterocycles. The topological polar surface area (TPSA) is 47.6 Å². The van der Waals surface area contributed by atoms with Gasteiger partial charge in [-0.25, -0.2) is 0 Å². The highest BCUT2D eigenvalue weighted by molar-refractivity contribution is 5.82. The number of rotatable bonds is 5. The molecule has 2 fully saturated rings. The van der Waals surface area contributed by atoms with Crippen molar-refractivity contribution in [2.24, 2.45) is 11.3 Å². The fraction of sp³-hybridized carbons (Fsp3) is 0.588. The lowest BCUT2D eigenvalue weighted by atomic mass is 9.94. The van der Waals surface area contributed by atoms with E-state index in [1.54, 1.807) is 0 Å². The Balaban J connectivity index is 1.37. The summed E-state index contributed by atoms with van der Waals surface area (Å²) >= 11 is 0. The second kappa shape index (κ2) is 6.63. The van der Waals surface area contributed by atoms with Crippen molar-refractivity contribution in [1.29, 1.82) is 0 Å². The zero-order valence-corrected chi connectivity index (χ0v) is 13.2. The molecule has 1 aliphatic carbocycles.